The van der Waals surface area contributed by atoms with Crippen molar-refractivity contribution in [3.05, 3.63) is 42.5 Å². The number of urea groups is 1. The first-order chi connectivity index (χ1) is 17.9. The molecule has 3 N–H and O–H groups in total. The summed E-state index contributed by atoms with van der Waals surface area (Å²) in [6, 6.07) is 6.12. The zero-order valence-corrected chi connectivity index (χ0v) is 22.2. The lowest BCUT2D eigenvalue weighted by molar-refractivity contribution is -0.138. The van der Waals surface area contributed by atoms with Crippen LogP contribution in [0.2, 0.25) is 0 Å². The van der Waals surface area contributed by atoms with Gasteiger partial charge in [-0.3, -0.25) is 4.79 Å². The van der Waals surface area contributed by atoms with Crippen molar-refractivity contribution in [3.8, 4) is 0 Å². The van der Waals surface area contributed by atoms with Gasteiger partial charge in [0.05, 0.1) is 35.4 Å². The molecule has 3 fully saturated rings. The SMILES string of the molecule is C1CCC1.CC(C)CN(c1ccc(C2CC2C(=O)O)cc1NC(=O)Nc1cncnc1)C1CCCCC1. The number of hydrogen-bond donors (Lipinski definition) is 3. The van der Waals surface area contributed by atoms with Gasteiger partial charge in [0, 0.05) is 12.6 Å². The summed E-state index contributed by atoms with van der Waals surface area (Å²) < 4.78 is 0. The minimum atomic E-state index is -0.760. The van der Waals surface area contributed by atoms with E-state index in [0.29, 0.717) is 29.8 Å². The summed E-state index contributed by atoms with van der Waals surface area (Å²) >= 11 is 0. The molecular formula is C29H41N5O3. The molecule has 0 saturated heterocycles. The summed E-state index contributed by atoms with van der Waals surface area (Å²) in [6.45, 7) is 5.32. The molecule has 2 amide bonds. The summed E-state index contributed by atoms with van der Waals surface area (Å²) in [4.78, 5) is 34.6. The number of hydrogen-bond acceptors (Lipinski definition) is 5. The van der Waals surface area contributed by atoms with E-state index >= 15 is 0 Å². The molecule has 0 radical (unpaired) electrons. The summed E-state index contributed by atoms with van der Waals surface area (Å²) in [6.07, 6.45) is 17.1. The molecule has 2 unspecified atom stereocenters. The van der Waals surface area contributed by atoms with Gasteiger partial charge >= 0.3 is 12.0 Å². The van der Waals surface area contributed by atoms with Crippen molar-refractivity contribution in [3.63, 3.8) is 0 Å². The van der Waals surface area contributed by atoms with Gasteiger partial charge < -0.3 is 20.6 Å². The maximum Gasteiger partial charge on any atom is 0.323 e. The molecule has 0 spiro atoms. The standard InChI is InChI=1S/C25H33N5O3.C4H8/c1-16(2)14-30(19-6-4-3-5-7-19)23-9-8-17(20-11-21(20)24(31)32)10-22(23)29-25(33)28-18-12-26-15-27-13-18;1-2-4-3-1/h8-10,12-13,15-16,19-21H,3-7,11,14H2,1-2H3,(H,31,32)(H2,28,29,33);1-4H2. The molecule has 5 rings (SSSR count). The normalized spacial score (nSPS) is 20.7. The predicted octanol–water partition coefficient (Wildman–Crippen LogP) is 6.66. The number of carbonyl (C=O) groups is 2. The van der Waals surface area contributed by atoms with Gasteiger partial charge in [0.1, 0.15) is 6.33 Å². The lowest BCUT2D eigenvalue weighted by Crippen LogP contribution is -2.40. The van der Waals surface area contributed by atoms with E-state index in [2.05, 4.69) is 45.4 Å². The average Bonchev–Trinajstić information content (AvgIpc) is 3.64. The lowest BCUT2D eigenvalue weighted by atomic mass is 9.92. The first-order valence-corrected chi connectivity index (χ1v) is 13.9. The fraction of sp³-hybridized carbons (Fsp3) is 0.586. The van der Waals surface area contributed by atoms with Crippen LogP contribution in [0.5, 0.6) is 0 Å². The maximum absolute atomic E-state index is 12.8. The third-order valence-electron chi connectivity index (χ3n) is 7.51. The Balaban J connectivity index is 0.000000730. The molecule has 37 heavy (non-hydrogen) atoms. The number of amides is 2. The van der Waals surface area contributed by atoms with Crippen LogP contribution in [0.4, 0.5) is 21.9 Å². The van der Waals surface area contributed by atoms with Crippen LogP contribution >= 0.6 is 0 Å². The second kappa shape index (κ2) is 12.9. The van der Waals surface area contributed by atoms with E-state index in [1.807, 2.05) is 12.1 Å². The molecule has 2 atom stereocenters. The van der Waals surface area contributed by atoms with E-state index in [0.717, 1.165) is 30.6 Å². The van der Waals surface area contributed by atoms with Gasteiger partial charge in [-0.2, -0.15) is 0 Å². The molecule has 3 aliphatic rings. The largest absolute Gasteiger partial charge is 0.481 e. The molecule has 1 heterocycles. The highest BCUT2D eigenvalue weighted by molar-refractivity contribution is 6.01. The van der Waals surface area contributed by atoms with E-state index < -0.39 is 5.97 Å². The third kappa shape index (κ3) is 7.66. The Kier molecular flexibility index (Phi) is 9.36. The second-order valence-corrected chi connectivity index (χ2v) is 11.0. The van der Waals surface area contributed by atoms with Crippen LogP contribution in [0.25, 0.3) is 0 Å². The first-order valence-electron chi connectivity index (χ1n) is 13.9. The molecule has 0 aliphatic heterocycles. The van der Waals surface area contributed by atoms with Gasteiger partial charge in [0.15, 0.2) is 0 Å². The zero-order chi connectivity index (χ0) is 26.2. The minimum Gasteiger partial charge on any atom is -0.481 e. The summed E-state index contributed by atoms with van der Waals surface area (Å²) in [5.41, 5.74) is 3.17. The number of nitrogens with one attached hydrogen (secondary N) is 2. The van der Waals surface area contributed by atoms with Crippen molar-refractivity contribution in [1.29, 1.82) is 0 Å². The summed E-state index contributed by atoms with van der Waals surface area (Å²) in [5, 5.41) is 15.2. The Morgan fingerprint density at radius 1 is 1.00 bits per heavy atom. The number of carbonyl (C=O) groups excluding carboxylic acids is 1. The van der Waals surface area contributed by atoms with E-state index in [9.17, 15) is 14.7 Å². The highest BCUT2D eigenvalue weighted by Crippen LogP contribution is 2.49. The van der Waals surface area contributed by atoms with Crippen molar-refractivity contribution in [1.82, 2.24) is 9.97 Å². The molecule has 8 nitrogen and oxygen atoms in total. The van der Waals surface area contributed by atoms with Crippen molar-refractivity contribution >= 4 is 29.1 Å². The van der Waals surface area contributed by atoms with Gasteiger partial charge in [0.2, 0.25) is 0 Å². The van der Waals surface area contributed by atoms with Crippen molar-refractivity contribution < 1.29 is 14.7 Å². The van der Waals surface area contributed by atoms with Crippen LogP contribution in [0.3, 0.4) is 0 Å². The molecule has 1 aromatic heterocycles. The van der Waals surface area contributed by atoms with Crippen molar-refractivity contribution in [2.45, 2.75) is 90.0 Å². The number of aromatic nitrogens is 2. The third-order valence-corrected chi connectivity index (χ3v) is 7.51. The van der Waals surface area contributed by atoms with E-state index in [1.54, 1.807) is 12.4 Å². The van der Waals surface area contributed by atoms with Crippen molar-refractivity contribution in [2.75, 3.05) is 22.1 Å². The van der Waals surface area contributed by atoms with Gasteiger partial charge in [-0.25, -0.2) is 14.8 Å². The number of aliphatic carboxylic acids is 1. The van der Waals surface area contributed by atoms with Gasteiger partial charge in [0.25, 0.3) is 0 Å². The van der Waals surface area contributed by atoms with Crippen LogP contribution in [0, 0.1) is 11.8 Å². The Bertz CT molecular complexity index is 1030. The zero-order valence-electron chi connectivity index (χ0n) is 22.2. The van der Waals surface area contributed by atoms with E-state index in [-0.39, 0.29) is 17.9 Å². The van der Waals surface area contributed by atoms with Crippen LogP contribution < -0.4 is 15.5 Å². The predicted molar refractivity (Wildman–Crippen MR) is 147 cm³/mol. The number of rotatable bonds is 8. The highest BCUT2D eigenvalue weighted by Gasteiger charge is 2.44. The van der Waals surface area contributed by atoms with Crippen molar-refractivity contribution in [2.24, 2.45) is 11.8 Å². The average molecular weight is 508 g/mol. The fourth-order valence-corrected chi connectivity index (χ4v) is 5.10. The number of nitrogens with zero attached hydrogens (tertiary/aromatic N) is 3. The highest BCUT2D eigenvalue weighted by atomic mass is 16.4. The van der Waals surface area contributed by atoms with Crippen LogP contribution in [0.15, 0.2) is 36.9 Å². The van der Waals surface area contributed by atoms with Crippen LogP contribution in [-0.2, 0) is 4.79 Å². The van der Waals surface area contributed by atoms with Gasteiger partial charge in [-0.05, 0) is 48.8 Å². The van der Waals surface area contributed by atoms with E-state index in [1.165, 1.54) is 51.3 Å². The Hall–Kier alpha value is -3.16. The Labute approximate surface area is 220 Å². The number of carboxylic acids is 1. The Morgan fingerprint density at radius 3 is 2.22 bits per heavy atom. The summed E-state index contributed by atoms with van der Waals surface area (Å²) in [7, 11) is 0. The quantitative estimate of drug-likeness (QED) is 0.369. The van der Waals surface area contributed by atoms with E-state index in [4.69, 9.17) is 0 Å². The van der Waals surface area contributed by atoms with Gasteiger partial charge in [-0.15, -0.1) is 0 Å². The van der Waals surface area contributed by atoms with Crippen LogP contribution in [0.1, 0.15) is 89.5 Å². The first kappa shape index (κ1) is 26.9. The minimum absolute atomic E-state index is 0.00378. The maximum atomic E-state index is 12.8. The molecule has 3 aliphatic carbocycles. The topological polar surface area (TPSA) is 107 Å². The molecule has 3 saturated carbocycles. The molecule has 200 valence electrons. The second-order valence-electron chi connectivity index (χ2n) is 11.0. The molecule has 8 heteroatoms. The van der Waals surface area contributed by atoms with Crippen LogP contribution in [-0.4, -0.2) is 39.7 Å². The lowest BCUT2D eigenvalue weighted by Gasteiger charge is -2.38. The smallest absolute Gasteiger partial charge is 0.323 e. The number of anilines is 3. The number of carboxylic acid groups (broad SMARTS) is 1. The summed E-state index contributed by atoms with van der Waals surface area (Å²) in [5.74, 6) is -0.640. The van der Waals surface area contributed by atoms with Gasteiger partial charge in [-0.1, -0.05) is 64.9 Å². The number of benzene rings is 1. The molecule has 2 aromatic rings. The fourth-order valence-electron chi connectivity index (χ4n) is 5.10. The monoisotopic (exact) mass is 507 g/mol. The Morgan fingerprint density at radius 2 is 1.65 bits per heavy atom. The molecular weight excluding hydrogens is 466 g/mol. The molecule has 0 bridgehead atoms. The molecule has 1 aromatic carbocycles.